The molecule has 0 amide bonds. The van der Waals surface area contributed by atoms with Crippen LogP contribution in [0.5, 0.6) is 17.2 Å². The van der Waals surface area contributed by atoms with Gasteiger partial charge in [0, 0.05) is 37.8 Å². The van der Waals surface area contributed by atoms with Gasteiger partial charge in [0.2, 0.25) is 0 Å². The summed E-state index contributed by atoms with van der Waals surface area (Å²) in [5.74, 6) is 2.26. The van der Waals surface area contributed by atoms with Gasteiger partial charge >= 0.3 is 0 Å². The monoisotopic (exact) mass is 739 g/mol. The Hall–Kier alpha value is -4.59. The number of carboxylic acid groups (broad SMARTS) is 1. The molecule has 10 heteroatoms. The number of hydrogen-bond donors (Lipinski definition) is 1. The molecule has 0 aromatic heterocycles. The summed E-state index contributed by atoms with van der Waals surface area (Å²) in [6, 6.07) is 26.3. The number of nitrogens with zero attached hydrogens (tertiary/aromatic N) is 3. The van der Waals surface area contributed by atoms with Gasteiger partial charge in [-0.05, 0) is 104 Å². The van der Waals surface area contributed by atoms with E-state index in [1.807, 2.05) is 30.3 Å². The maximum atomic E-state index is 9.36. The summed E-state index contributed by atoms with van der Waals surface area (Å²) in [5.41, 5.74) is 8.30. The van der Waals surface area contributed by atoms with Crippen LogP contribution in [0.2, 0.25) is 5.02 Å². The first-order valence-electron chi connectivity index (χ1n) is 18.4. The second-order valence-electron chi connectivity index (χ2n) is 13.4. The number of likely N-dealkylation sites (tertiary alicyclic amines) is 1. The van der Waals surface area contributed by atoms with E-state index in [4.69, 9.17) is 40.4 Å². The molecular weight excluding hydrogens is 690 g/mol. The summed E-state index contributed by atoms with van der Waals surface area (Å²) >= 11 is 6.89. The zero-order valence-corrected chi connectivity index (χ0v) is 31.6. The molecule has 0 spiro atoms. The summed E-state index contributed by atoms with van der Waals surface area (Å²) in [6.45, 7) is 13.0. The topological polar surface area (TPSA) is 104 Å². The van der Waals surface area contributed by atoms with E-state index in [0.29, 0.717) is 36.2 Å². The Morgan fingerprint density at radius 1 is 0.792 bits per heavy atom. The maximum Gasteiger partial charge on any atom is 0.290 e. The second-order valence-corrected chi connectivity index (χ2v) is 13.8. The molecule has 0 saturated carbocycles. The Morgan fingerprint density at radius 2 is 1.49 bits per heavy atom. The lowest BCUT2D eigenvalue weighted by Crippen LogP contribution is -2.37. The number of benzene rings is 4. The summed E-state index contributed by atoms with van der Waals surface area (Å²) in [4.78, 5) is 13.3. The molecule has 9 nitrogen and oxygen atoms in total. The van der Waals surface area contributed by atoms with Crippen LogP contribution in [0.15, 0.2) is 72.8 Å². The lowest BCUT2D eigenvalue weighted by molar-refractivity contribution is -0.122. The molecule has 1 N–H and O–H groups in total. The van der Waals surface area contributed by atoms with Crippen molar-refractivity contribution in [1.82, 2.24) is 9.80 Å². The second kappa shape index (κ2) is 20.6. The predicted octanol–water partition coefficient (Wildman–Crippen LogP) is 8.44. The molecular formula is C43H50ClN3O6. The number of nitriles is 1. The number of halogens is 1. The molecule has 0 radical (unpaired) electrons. The van der Waals surface area contributed by atoms with E-state index in [1.165, 1.54) is 19.3 Å². The fourth-order valence-electron chi connectivity index (χ4n) is 6.84. The molecule has 4 aromatic rings. The molecule has 53 heavy (non-hydrogen) atoms. The van der Waals surface area contributed by atoms with Crippen LogP contribution in [-0.2, 0) is 29.3 Å². The van der Waals surface area contributed by atoms with Crippen LogP contribution in [0.25, 0.3) is 11.1 Å². The number of rotatable bonds is 14. The highest BCUT2D eigenvalue weighted by Gasteiger charge is 2.18. The quantitative estimate of drug-likeness (QED) is 0.101. The first-order valence-corrected chi connectivity index (χ1v) is 18.8. The van der Waals surface area contributed by atoms with E-state index in [-0.39, 0.29) is 6.47 Å². The van der Waals surface area contributed by atoms with Gasteiger partial charge in [0.1, 0.15) is 30.5 Å². The van der Waals surface area contributed by atoms with Gasteiger partial charge in [-0.15, -0.1) is 0 Å². The number of piperidine rings is 1. The van der Waals surface area contributed by atoms with Crippen molar-refractivity contribution in [2.75, 3.05) is 52.5 Å². The van der Waals surface area contributed by atoms with Crippen molar-refractivity contribution < 1.29 is 28.8 Å². The SMILES string of the molecule is Cc1c(COc2cc(OCc3cccc(C#N)c3)c(CN3CCCCC3)cc2Cl)cccc1-c1cccc(OCCCN2CCOCC2)c1C.O=CO. The molecule has 2 saturated heterocycles. The van der Waals surface area contributed by atoms with Crippen LogP contribution in [0.4, 0.5) is 0 Å². The zero-order valence-electron chi connectivity index (χ0n) is 30.8. The van der Waals surface area contributed by atoms with E-state index in [1.54, 1.807) is 6.07 Å². The number of ether oxygens (including phenoxy) is 4. The molecule has 2 heterocycles. The molecule has 2 aliphatic rings. The minimum atomic E-state index is -0.250. The maximum absolute atomic E-state index is 9.36. The smallest absolute Gasteiger partial charge is 0.290 e. The van der Waals surface area contributed by atoms with Gasteiger partial charge in [0.15, 0.2) is 0 Å². The van der Waals surface area contributed by atoms with E-state index in [0.717, 1.165) is 109 Å². The average molecular weight is 740 g/mol. The molecule has 0 bridgehead atoms. The van der Waals surface area contributed by atoms with Crippen LogP contribution >= 0.6 is 11.6 Å². The first kappa shape index (κ1) is 39.6. The van der Waals surface area contributed by atoms with Crippen molar-refractivity contribution in [1.29, 1.82) is 5.26 Å². The van der Waals surface area contributed by atoms with Gasteiger partial charge in [-0.2, -0.15) is 5.26 Å². The lowest BCUT2D eigenvalue weighted by atomic mass is 9.93. The predicted molar refractivity (Wildman–Crippen MR) is 208 cm³/mol. The summed E-state index contributed by atoms with van der Waals surface area (Å²) in [7, 11) is 0. The molecule has 4 aromatic carbocycles. The Morgan fingerprint density at radius 3 is 2.25 bits per heavy atom. The summed E-state index contributed by atoms with van der Waals surface area (Å²) in [5, 5.41) is 16.8. The van der Waals surface area contributed by atoms with Crippen molar-refractivity contribution in [2.24, 2.45) is 0 Å². The van der Waals surface area contributed by atoms with Crippen molar-refractivity contribution in [3.63, 3.8) is 0 Å². The lowest BCUT2D eigenvalue weighted by Gasteiger charge is -2.27. The number of morpholine rings is 1. The molecule has 280 valence electrons. The minimum Gasteiger partial charge on any atom is -0.493 e. The third-order valence-corrected chi connectivity index (χ3v) is 10.1. The Bertz CT molecular complexity index is 1830. The van der Waals surface area contributed by atoms with Gasteiger partial charge in [-0.3, -0.25) is 14.6 Å². The molecule has 0 unspecified atom stereocenters. The Kier molecular flexibility index (Phi) is 15.4. The summed E-state index contributed by atoms with van der Waals surface area (Å²) < 4.78 is 24.6. The van der Waals surface area contributed by atoms with E-state index < -0.39 is 0 Å². The van der Waals surface area contributed by atoms with Gasteiger partial charge in [-0.25, -0.2) is 0 Å². The highest BCUT2D eigenvalue weighted by atomic mass is 35.5. The van der Waals surface area contributed by atoms with Crippen molar-refractivity contribution in [3.8, 4) is 34.4 Å². The van der Waals surface area contributed by atoms with Gasteiger partial charge in [-0.1, -0.05) is 60.5 Å². The van der Waals surface area contributed by atoms with Gasteiger partial charge in [0.25, 0.3) is 6.47 Å². The van der Waals surface area contributed by atoms with Gasteiger partial charge < -0.3 is 24.1 Å². The molecule has 6 rings (SSSR count). The molecule has 0 aliphatic carbocycles. The van der Waals surface area contributed by atoms with Crippen molar-refractivity contribution >= 4 is 18.1 Å². The van der Waals surface area contributed by atoms with Crippen molar-refractivity contribution in [2.45, 2.75) is 59.3 Å². The van der Waals surface area contributed by atoms with Crippen LogP contribution < -0.4 is 14.2 Å². The van der Waals surface area contributed by atoms with Gasteiger partial charge in [0.05, 0.1) is 36.5 Å². The van der Waals surface area contributed by atoms with E-state index >= 15 is 0 Å². The minimum absolute atomic E-state index is 0.250. The standard InChI is InChI=1S/C42H48ClN3O4.CH2O2/c1-31-35(12-7-13-37(31)38-14-8-15-40(32(38)2)48-21-9-18-45-19-22-47-23-20-45)30-50-42-26-41(49-29-34-11-6-10-33(24-34)27-44)36(25-39(42)43)28-46-16-4-3-5-17-46;2-1-3/h6-8,10-15,24-26H,3-5,9,16-23,28-30H2,1-2H3;1H,(H,2,3). The van der Waals surface area contributed by atoms with E-state index in [2.05, 4.69) is 66.1 Å². The van der Waals surface area contributed by atoms with E-state index in [9.17, 15) is 5.26 Å². The molecule has 2 aliphatic heterocycles. The fraction of sp³-hybridized carbons (Fsp3) is 0.395. The highest BCUT2D eigenvalue weighted by molar-refractivity contribution is 6.32. The number of hydrogen-bond acceptors (Lipinski definition) is 8. The Balaban J connectivity index is 0.00000175. The highest BCUT2D eigenvalue weighted by Crippen LogP contribution is 2.37. The van der Waals surface area contributed by atoms with Crippen molar-refractivity contribution in [3.05, 3.63) is 111 Å². The van der Waals surface area contributed by atoms with Crippen LogP contribution in [-0.4, -0.2) is 73.9 Å². The van der Waals surface area contributed by atoms with Crippen LogP contribution in [0.1, 0.15) is 59.1 Å². The third-order valence-electron chi connectivity index (χ3n) is 9.79. The average Bonchev–Trinajstić information content (AvgIpc) is 3.18. The number of carbonyl (C=O) groups is 1. The molecule has 0 atom stereocenters. The first-order chi connectivity index (χ1) is 25.9. The normalized spacial score (nSPS) is 14.8. The summed E-state index contributed by atoms with van der Waals surface area (Å²) in [6.07, 6.45) is 4.67. The Labute approximate surface area is 318 Å². The zero-order chi connectivity index (χ0) is 37.4. The van der Waals surface area contributed by atoms with Crippen LogP contribution in [0.3, 0.4) is 0 Å². The fourth-order valence-corrected chi connectivity index (χ4v) is 7.08. The molecule has 2 fully saturated rings. The largest absolute Gasteiger partial charge is 0.493 e. The third kappa shape index (κ3) is 11.4. The van der Waals surface area contributed by atoms with Crippen LogP contribution in [0, 0.1) is 25.2 Å².